The average Bonchev–Trinajstić information content (AvgIpc) is 3.04. The third-order valence-corrected chi connectivity index (χ3v) is 2.88. The van der Waals surface area contributed by atoms with Crippen molar-refractivity contribution in [2.45, 2.75) is 25.4 Å². The van der Waals surface area contributed by atoms with E-state index in [1.54, 1.807) is 0 Å². The van der Waals surface area contributed by atoms with Gasteiger partial charge in [-0.1, -0.05) is 0 Å². The predicted molar refractivity (Wildman–Crippen MR) is 64.7 cm³/mol. The monoisotopic (exact) mass is 269 g/mol. The maximum Gasteiger partial charge on any atom is 0.0542 e. The van der Waals surface area contributed by atoms with Crippen molar-refractivity contribution in [3.8, 4) is 0 Å². The third kappa shape index (κ3) is 4.28. The predicted octanol–water partition coefficient (Wildman–Crippen LogP) is 1.69. The van der Waals surface area contributed by atoms with Gasteiger partial charge in [0.05, 0.1) is 5.69 Å². The molecule has 1 fully saturated rings. The van der Waals surface area contributed by atoms with Crippen LogP contribution in [0.15, 0.2) is 22.8 Å². The molecule has 3 nitrogen and oxygen atoms in total. The highest BCUT2D eigenvalue weighted by Crippen LogP contribution is 2.17. The standard InChI is InChI=1S/C11H16BrN3/c12-9-1-2-11(15-7-9)8-13-5-6-14-10-3-4-10/h1-2,7,10,13-14H,3-6,8H2. The Morgan fingerprint density at radius 2 is 2.20 bits per heavy atom. The van der Waals surface area contributed by atoms with Crippen LogP contribution in [0.1, 0.15) is 18.5 Å². The molecule has 1 aromatic rings. The Morgan fingerprint density at radius 1 is 1.33 bits per heavy atom. The molecule has 1 aliphatic carbocycles. The molecule has 0 atom stereocenters. The highest BCUT2D eigenvalue weighted by Gasteiger charge is 2.19. The summed E-state index contributed by atoms with van der Waals surface area (Å²) in [5, 5.41) is 6.83. The van der Waals surface area contributed by atoms with Gasteiger partial charge in [0.1, 0.15) is 0 Å². The molecule has 0 unspecified atom stereocenters. The number of rotatable bonds is 6. The first-order chi connectivity index (χ1) is 7.34. The van der Waals surface area contributed by atoms with Gasteiger partial charge in [0.25, 0.3) is 0 Å². The van der Waals surface area contributed by atoms with Crippen molar-refractivity contribution >= 4 is 15.9 Å². The fourth-order valence-electron chi connectivity index (χ4n) is 1.38. The average molecular weight is 270 g/mol. The maximum absolute atomic E-state index is 4.29. The summed E-state index contributed by atoms with van der Waals surface area (Å²) in [6.45, 7) is 2.91. The molecule has 0 spiro atoms. The van der Waals surface area contributed by atoms with Gasteiger partial charge in [0, 0.05) is 36.3 Å². The molecule has 0 bridgehead atoms. The molecule has 2 N–H and O–H groups in total. The minimum atomic E-state index is 0.803. The minimum absolute atomic E-state index is 0.803. The number of aromatic nitrogens is 1. The summed E-state index contributed by atoms with van der Waals surface area (Å²) in [6, 6.07) is 4.86. The molecule has 0 radical (unpaired) electrons. The van der Waals surface area contributed by atoms with Gasteiger partial charge < -0.3 is 10.6 Å². The van der Waals surface area contributed by atoms with Crippen LogP contribution in [0.2, 0.25) is 0 Å². The van der Waals surface area contributed by atoms with Crippen LogP contribution in [0.3, 0.4) is 0 Å². The van der Waals surface area contributed by atoms with Crippen molar-refractivity contribution in [2.24, 2.45) is 0 Å². The van der Waals surface area contributed by atoms with E-state index in [1.807, 2.05) is 18.3 Å². The molecule has 0 saturated heterocycles. The van der Waals surface area contributed by atoms with Crippen molar-refractivity contribution < 1.29 is 0 Å². The summed E-state index contributed by atoms with van der Waals surface area (Å²) >= 11 is 3.37. The first kappa shape index (κ1) is 11.0. The molecule has 1 saturated carbocycles. The Hall–Kier alpha value is -0.450. The lowest BCUT2D eigenvalue weighted by molar-refractivity contribution is 0.604. The Balaban J connectivity index is 1.58. The number of pyridine rings is 1. The lowest BCUT2D eigenvalue weighted by Gasteiger charge is -2.05. The van der Waals surface area contributed by atoms with Crippen molar-refractivity contribution in [1.82, 2.24) is 15.6 Å². The van der Waals surface area contributed by atoms with Gasteiger partial charge in [-0.2, -0.15) is 0 Å². The van der Waals surface area contributed by atoms with Crippen LogP contribution in [0.25, 0.3) is 0 Å². The summed E-state index contributed by atoms with van der Waals surface area (Å²) in [5.41, 5.74) is 1.09. The van der Waals surface area contributed by atoms with Crippen LogP contribution in [-0.4, -0.2) is 24.1 Å². The molecule has 82 valence electrons. The van der Waals surface area contributed by atoms with Gasteiger partial charge in [-0.15, -0.1) is 0 Å². The Labute approximate surface area is 98.8 Å². The van der Waals surface area contributed by atoms with Gasteiger partial charge in [-0.3, -0.25) is 4.98 Å². The second-order valence-electron chi connectivity index (χ2n) is 3.87. The third-order valence-electron chi connectivity index (χ3n) is 2.41. The van der Waals surface area contributed by atoms with Gasteiger partial charge in [0.2, 0.25) is 0 Å². The zero-order valence-corrected chi connectivity index (χ0v) is 10.3. The number of nitrogens with one attached hydrogen (secondary N) is 2. The summed E-state index contributed by atoms with van der Waals surface area (Å²) in [4.78, 5) is 4.29. The molecule has 1 aliphatic rings. The van der Waals surface area contributed by atoms with Crippen LogP contribution in [0.5, 0.6) is 0 Å². The number of halogens is 1. The van der Waals surface area contributed by atoms with E-state index in [0.717, 1.165) is 35.8 Å². The number of nitrogens with zero attached hydrogens (tertiary/aromatic N) is 1. The Bertz CT molecular complexity index is 295. The highest BCUT2D eigenvalue weighted by molar-refractivity contribution is 9.10. The van der Waals surface area contributed by atoms with Crippen LogP contribution in [0, 0.1) is 0 Å². The van der Waals surface area contributed by atoms with Gasteiger partial charge in [-0.05, 0) is 40.9 Å². The smallest absolute Gasteiger partial charge is 0.0542 e. The normalized spacial score (nSPS) is 15.5. The molecule has 15 heavy (non-hydrogen) atoms. The van der Waals surface area contributed by atoms with Gasteiger partial charge in [-0.25, -0.2) is 0 Å². The molecule has 0 aliphatic heterocycles. The molecule has 1 aromatic heterocycles. The molecular weight excluding hydrogens is 254 g/mol. The summed E-state index contributed by atoms with van der Waals surface area (Å²) in [5.74, 6) is 0. The molecule has 0 aromatic carbocycles. The number of hydrogen-bond acceptors (Lipinski definition) is 3. The molecule has 1 heterocycles. The fourth-order valence-corrected chi connectivity index (χ4v) is 1.61. The van der Waals surface area contributed by atoms with Crippen molar-refractivity contribution in [3.05, 3.63) is 28.5 Å². The second-order valence-corrected chi connectivity index (χ2v) is 4.79. The second kappa shape index (κ2) is 5.58. The van der Waals surface area contributed by atoms with E-state index >= 15 is 0 Å². The quantitative estimate of drug-likeness (QED) is 0.772. The van der Waals surface area contributed by atoms with Crippen LogP contribution in [0.4, 0.5) is 0 Å². The maximum atomic E-state index is 4.29. The fraction of sp³-hybridized carbons (Fsp3) is 0.545. The molecular formula is C11H16BrN3. The zero-order valence-electron chi connectivity index (χ0n) is 8.67. The molecule has 2 rings (SSSR count). The first-order valence-electron chi connectivity index (χ1n) is 5.39. The summed E-state index contributed by atoms with van der Waals surface area (Å²) in [7, 11) is 0. The first-order valence-corrected chi connectivity index (χ1v) is 6.18. The van der Waals surface area contributed by atoms with Crippen LogP contribution in [-0.2, 0) is 6.54 Å². The van der Waals surface area contributed by atoms with E-state index in [0.29, 0.717) is 0 Å². The van der Waals surface area contributed by atoms with E-state index < -0.39 is 0 Å². The van der Waals surface area contributed by atoms with Crippen LogP contribution >= 0.6 is 15.9 Å². The lowest BCUT2D eigenvalue weighted by Crippen LogP contribution is -2.28. The lowest BCUT2D eigenvalue weighted by atomic mass is 10.3. The van der Waals surface area contributed by atoms with Gasteiger partial charge >= 0.3 is 0 Å². The number of hydrogen-bond donors (Lipinski definition) is 2. The van der Waals surface area contributed by atoms with E-state index in [1.165, 1.54) is 12.8 Å². The van der Waals surface area contributed by atoms with Crippen molar-refractivity contribution in [2.75, 3.05) is 13.1 Å². The van der Waals surface area contributed by atoms with Crippen molar-refractivity contribution in [3.63, 3.8) is 0 Å². The van der Waals surface area contributed by atoms with Crippen molar-refractivity contribution in [1.29, 1.82) is 0 Å². The summed E-state index contributed by atoms with van der Waals surface area (Å²) < 4.78 is 1.03. The van der Waals surface area contributed by atoms with E-state index in [4.69, 9.17) is 0 Å². The van der Waals surface area contributed by atoms with E-state index in [-0.39, 0.29) is 0 Å². The van der Waals surface area contributed by atoms with E-state index in [9.17, 15) is 0 Å². The summed E-state index contributed by atoms with van der Waals surface area (Å²) in [6.07, 6.45) is 4.54. The molecule has 4 heteroatoms. The topological polar surface area (TPSA) is 37.0 Å². The van der Waals surface area contributed by atoms with Crippen LogP contribution < -0.4 is 10.6 Å². The SMILES string of the molecule is Brc1ccc(CNCCNC2CC2)nc1. The van der Waals surface area contributed by atoms with E-state index in [2.05, 4.69) is 31.5 Å². The Kier molecular flexibility index (Phi) is 4.11. The van der Waals surface area contributed by atoms with Gasteiger partial charge in [0.15, 0.2) is 0 Å². The molecule has 0 amide bonds. The highest BCUT2D eigenvalue weighted by atomic mass is 79.9. The zero-order chi connectivity index (χ0) is 10.5. The largest absolute Gasteiger partial charge is 0.313 e. The minimum Gasteiger partial charge on any atom is -0.313 e. The Morgan fingerprint density at radius 3 is 2.87 bits per heavy atom.